The number of alkyl halides is 6. The minimum Gasteiger partial charge on any atom is -0.465 e. The Labute approximate surface area is 180 Å². The summed E-state index contributed by atoms with van der Waals surface area (Å²) in [5.41, 5.74) is -3.57. The van der Waals surface area contributed by atoms with Crippen molar-refractivity contribution in [3.8, 4) is 0 Å². The van der Waals surface area contributed by atoms with E-state index in [9.17, 15) is 44.3 Å². The van der Waals surface area contributed by atoms with Crippen LogP contribution in [-0.2, 0) is 35.6 Å². The Kier molecular flexibility index (Phi) is 9.15. The van der Waals surface area contributed by atoms with E-state index in [1.807, 2.05) is 20.0 Å². The molecule has 0 bridgehead atoms. The van der Waals surface area contributed by atoms with Gasteiger partial charge in [0.2, 0.25) is 0 Å². The van der Waals surface area contributed by atoms with Crippen LogP contribution in [0.25, 0.3) is 0 Å². The molecule has 0 saturated carbocycles. The predicted molar refractivity (Wildman–Crippen MR) is 100 cm³/mol. The molecule has 15 heteroatoms. The number of carbonyl (C=O) groups is 2. The van der Waals surface area contributed by atoms with Crippen molar-refractivity contribution in [2.45, 2.75) is 43.6 Å². The van der Waals surface area contributed by atoms with Crippen LogP contribution < -0.4 is 5.46 Å². The largest absolute Gasteiger partial charge is 0.465 e. The fourth-order valence-electron chi connectivity index (χ4n) is 2.46. The third-order valence-corrected chi connectivity index (χ3v) is 4.90. The second-order valence-corrected chi connectivity index (χ2v) is 8.28. The Balaban J connectivity index is 2.63. The van der Waals surface area contributed by atoms with Gasteiger partial charge in [-0.3, -0.25) is 14.1 Å². The van der Waals surface area contributed by atoms with Crippen LogP contribution in [0.3, 0.4) is 0 Å². The maximum atomic E-state index is 13.1. The van der Waals surface area contributed by atoms with E-state index in [4.69, 9.17) is 9.29 Å². The molecule has 0 aliphatic carbocycles. The van der Waals surface area contributed by atoms with E-state index in [1.165, 1.54) is 0 Å². The van der Waals surface area contributed by atoms with Gasteiger partial charge < -0.3 is 9.47 Å². The summed E-state index contributed by atoms with van der Waals surface area (Å²) in [7, 11) is -3.97. The van der Waals surface area contributed by atoms with Crippen molar-refractivity contribution in [3.05, 3.63) is 29.8 Å². The highest BCUT2D eigenvalue weighted by atomic mass is 32.2. The van der Waals surface area contributed by atoms with Gasteiger partial charge in [-0.05, 0) is 12.0 Å². The molecule has 0 aliphatic heterocycles. The predicted octanol–water partition coefficient (Wildman–Crippen LogP) is 1.50. The zero-order chi connectivity index (χ0) is 24.8. The molecule has 0 radical (unpaired) electrons. The highest BCUT2D eigenvalue weighted by molar-refractivity contribution is 7.85. The first-order chi connectivity index (χ1) is 14.5. The lowest BCUT2D eigenvalue weighted by Gasteiger charge is -2.35. The molecule has 0 saturated heterocycles. The molecule has 7 nitrogen and oxygen atoms in total. The number of hydrogen-bond donors (Lipinski definition) is 1. The third kappa shape index (κ3) is 8.33. The van der Waals surface area contributed by atoms with Gasteiger partial charge in [0.25, 0.3) is 10.1 Å². The summed E-state index contributed by atoms with van der Waals surface area (Å²) in [6, 6.07) is 7.29. The summed E-state index contributed by atoms with van der Waals surface area (Å²) in [5, 5.41) is 0. The summed E-state index contributed by atoms with van der Waals surface area (Å²) >= 11 is 0. The highest BCUT2D eigenvalue weighted by Crippen LogP contribution is 2.47. The van der Waals surface area contributed by atoms with Gasteiger partial charge in [0, 0.05) is 19.3 Å². The van der Waals surface area contributed by atoms with Gasteiger partial charge in [0.15, 0.2) is 0 Å². The number of rotatable bonds is 10. The molecular formula is C17H19BF6O7S. The standard InChI is InChI=1S/C17H19BF6O7S/c18-12-6-4-11(5-7-12)8-9-30-13(25)2-1-3-14(26)31-15(16(19,20)21,17(22,23)24)10-32(27,28)29/h4-7H,1-3,8-10,18H2,(H,27,28,29). The Bertz CT molecular complexity index is 883. The van der Waals surface area contributed by atoms with Crippen LogP contribution in [0.4, 0.5) is 26.3 Å². The minimum absolute atomic E-state index is 0.0358. The SMILES string of the molecule is Bc1ccc(CCOC(=O)CCCC(=O)OC(CS(=O)(=O)O)(C(F)(F)F)C(F)(F)F)cc1. The van der Waals surface area contributed by atoms with Crippen LogP contribution in [0, 0.1) is 0 Å². The smallest absolute Gasteiger partial charge is 0.438 e. The zero-order valence-electron chi connectivity index (χ0n) is 16.6. The maximum absolute atomic E-state index is 13.1. The number of esters is 2. The van der Waals surface area contributed by atoms with Crippen molar-refractivity contribution in [2.75, 3.05) is 12.4 Å². The van der Waals surface area contributed by atoms with Gasteiger partial charge in [0.05, 0.1) is 6.61 Å². The first kappa shape index (κ1) is 27.7. The molecule has 1 aromatic carbocycles. The van der Waals surface area contributed by atoms with Crippen molar-refractivity contribution < 1.29 is 58.4 Å². The van der Waals surface area contributed by atoms with E-state index < -0.39 is 65.0 Å². The number of hydrogen-bond acceptors (Lipinski definition) is 6. The molecular weight excluding hydrogens is 473 g/mol. The fraction of sp³-hybridized carbons (Fsp3) is 0.529. The molecule has 1 N–H and O–H groups in total. The van der Waals surface area contributed by atoms with Crippen LogP contribution in [-0.4, -0.2) is 63.1 Å². The normalized spacial score (nSPS) is 13.0. The van der Waals surface area contributed by atoms with E-state index in [0.29, 0.717) is 6.42 Å². The molecule has 1 rings (SSSR count). The number of carbonyl (C=O) groups excluding carboxylic acids is 2. The second kappa shape index (κ2) is 10.6. The van der Waals surface area contributed by atoms with Gasteiger partial charge in [-0.25, -0.2) is 0 Å². The minimum atomic E-state index is -6.40. The Morgan fingerprint density at radius 1 is 0.938 bits per heavy atom. The van der Waals surface area contributed by atoms with E-state index in [-0.39, 0.29) is 6.61 Å². The van der Waals surface area contributed by atoms with Crippen LogP contribution in [0.1, 0.15) is 24.8 Å². The summed E-state index contributed by atoms with van der Waals surface area (Å²) in [6.45, 7) is -0.0358. The van der Waals surface area contributed by atoms with Gasteiger partial charge in [-0.2, -0.15) is 34.8 Å². The molecule has 32 heavy (non-hydrogen) atoms. The first-order valence-electron chi connectivity index (χ1n) is 8.98. The van der Waals surface area contributed by atoms with E-state index >= 15 is 0 Å². The van der Waals surface area contributed by atoms with Crippen LogP contribution in [0.2, 0.25) is 0 Å². The molecule has 0 amide bonds. The molecule has 0 atom stereocenters. The van der Waals surface area contributed by atoms with Gasteiger partial charge in [-0.1, -0.05) is 29.7 Å². The lowest BCUT2D eigenvalue weighted by molar-refractivity contribution is -0.361. The van der Waals surface area contributed by atoms with Crippen molar-refractivity contribution in [3.63, 3.8) is 0 Å². The Morgan fingerprint density at radius 2 is 1.44 bits per heavy atom. The lowest BCUT2D eigenvalue weighted by atomic mass is 9.95. The monoisotopic (exact) mass is 492 g/mol. The van der Waals surface area contributed by atoms with Crippen molar-refractivity contribution in [2.24, 2.45) is 0 Å². The Morgan fingerprint density at radius 3 is 1.91 bits per heavy atom. The molecule has 0 aliphatic rings. The van der Waals surface area contributed by atoms with Gasteiger partial charge in [-0.15, -0.1) is 0 Å². The fourth-order valence-corrected chi connectivity index (χ4v) is 3.36. The average Bonchev–Trinajstić information content (AvgIpc) is 2.59. The third-order valence-electron chi connectivity index (χ3n) is 4.13. The van der Waals surface area contributed by atoms with Crippen LogP contribution >= 0.6 is 0 Å². The quantitative estimate of drug-likeness (QED) is 0.228. The summed E-state index contributed by atoms with van der Waals surface area (Å²) in [5.74, 6) is -5.86. The highest BCUT2D eigenvalue weighted by Gasteiger charge is 2.75. The molecule has 0 aromatic heterocycles. The molecule has 180 valence electrons. The Hall–Kier alpha value is -2.29. The van der Waals surface area contributed by atoms with Gasteiger partial charge in [0.1, 0.15) is 13.6 Å². The van der Waals surface area contributed by atoms with Gasteiger partial charge >= 0.3 is 29.9 Å². The summed E-state index contributed by atoms with van der Waals surface area (Å²) in [6.07, 6.45) is -14.5. The second-order valence-electron chi connectivity index (χ2n) is 6.83. The maximum Gasteiger partial charge on any atom is 0.438 e. The molecule has 0 fully saturated rings. The zero-order valence-corrected chi connectivity index (χ0v) is 17.4. The van der Waals surface area contributed by atoms with Crippen molar-refractivity contribution >= 4 is 35.4 Å². The van der Waals surface area contributed by atoms with Crippen LogP contribution in [0.5, 0.6) is 0 Å². The topological polar surface area (TPSA) is 107 Å². The number of halogens is 6. The van der Waals surface area contributed by atoms with E-state index in [0.717, 1.165) is 11.0 Å². The van der Waals surface area contributed by atoms with Crippen molar-refractivity contribution in [1.29, 1.82) is 0 Å². The average molecular weight is 492 g/mol. The van der Waals surface area contributed by atoms with E-state index in [2.05, 4.69) is 4.74 Å². The number of ether oxygens (including phenoxy) is 2. The first-order valence-corrected chi connectivity index (χ1v) is 10.6. The molecule has 0 spiro atoms. The van der Waals surface area contributed by atoms with Crippen LogP contribution in [0.15, 0.2) is 24.3 Å². The molecule has 0 unspecified atom stereocenters. The molecule has 0 heterocycles. The summed E-state index contributed by atoms with van der Waals surface area (Å²) < 4.78 is 117. The lowest BCUT2D eigenvalue weighted by Crippen LogP contribution is -2.63. The summed E-state index contributed by atoms with van der Waals surface area (Å²) in [4.78, 5) is 23.2. The number of benzene rings is 1. The van der Waals surface area contributed by atoms with Crippen molar-refractivity contribution in [1.82, 2.24) is 0 Å². The molecule has 1 aromatic rings. The van der Waals surface area contributed by atoms with E-state index in [1.54, 1.807) is 12.1 Å².